The number of carbonyl (C=O) groups excluding carboxylic acids is 2. The lowest BCUT2D eigenvalue weighted by Crippen LogP contribution is -2.31. The standard InChI is InChI=1S/C22H26O16/c23-17(24)9-33-5-15(6-34-10-18(25)26)37-21(31)13-1-2-14(4-3-13)22(32)38-16(7-35-11-19(27)28)8-36-12-20(29)30/h1-4,15-16H,5-12H2,(H,23,24)(H,25,26)(H,27,28)(H,29,30). The summed E-state index contributed by atoms with van der Waals surface area (Å²) in [4.78, 5) is 67.3. The molecule has 0 aromatic heterocycles. The third-order valence-corrected chi connectivity index (χ3v) is 4.02. The first-order valence-corrected chi connectivity index (χ1v) is 10.7. The van der Waals surface area contributed by atoms with Crippen LogP contribution in [-0.2, 0) is 47.6 Å². The summed E-state index contributed by atoms with van der Waals surface area (Å²) in [7, 11) is 0. The maximum absolute atomic E-state index is 12.4. The number of carbonyl (C=O) groups is 6. The number of carboxylic acids is 4. The van der Waals surface area contributed by atoms with E-state index in [4.69, 9.17) is 48.8 Å². The van der Waals surface area contributed by atoms with Crippen LogP contribution in [0.5, 0.6) is 0 Å². The Hall–Kier alpha value is -4.12. The molecule has 0 bridgehead atoms. The number of hydrogen-bond acceptors (Lipinski definition) is 12. The third-order valence-electron chi connectivity index (χ3n) is 4.02. The quantitative estimate of drug-likeness (QED) is 0.145. The van der Waals surface area contributed by atoms with Gasteiger partial charge in [0.25, 0.3) is 0 Å². The molecule has 1 aromatic carbocycles. The second-order valence-corrected chi connectivity index (χ2v) is 7.27. The van der Waals surface area contributed by atoms with Crippen molar-refractivity contribution in [3.63, 3.8) is 0 Å². The zero-order valence-electron chi connectivity index (χ0n) is 19.8. The van der Waals surface area contributed by atoms with Gasteiger partial charge in [-0.25, -0.2) is 28.8 Å². The monoisotopic (exact) mass is 546 g/mol. The number of hydrogen-bond donors (Lipinski definition) is 4. The van der Waals surface area contributed by atoms with Crippen LogP contribution in [-0.4, -0.2) is 121 Å². The minimum atomic E-state index is -1.27. The van der Waals surface area contributed by atoms with Crippen molar-refractivity contribution in [2.45, 2.75) is 12.2 Å². The van der Waals surface area contributed by atoms with E-state index in [1.807, 2.05) is 0 Å². The normalized spacial score (nSPS) is 10.8. The highest BCUT2D eigenvalue weighted by atomic mass is 16.6. The van der Waals surface area contributed by atoms with Gasteiger partial charge in [0.2, 0.25) is 0 Å². The van der Waals surface area contributed by atoms with Crippen molar-refractivity contribution in [1.82, 2.24) is 0 Å². The Labute approximate surface area is 214 Å². The van der Waals surface area contributed by atoms with Gasteiger partial charge in [-0.2, -0.15) is 0 Å². The molecule has 0 aliphatic carbocycles. The molecule has 0 aliphatic rings. The Morgan fingerprint density at radius 1 is 0.500 bits per heavy atom. The second-order valence-electron chi connectivity index (χ2n) is 7.27. The van der Waals surface area contributed by atoms with Crippen molar-refractivity contribution in [3.05, 3.63) is 35.4 Å². The molecule has 0 spiro atoms. The first-order chi connectivity index (χ1) is 18.0. The van der Waals surface area contributed by atoms with Gasteiger partial charge in [0.1, 0.15) is 38.6 Å². The Kier molecular flexibility index (Phi) is 14.6. The highest BCUT2D eigenvalue weighted by Crippen LogP contribution is 2.11. The Morgan fingerprint density at radius 2 is 0.737 bits per heavy atom. The molecule has 1 rings (SSSR count). The predicted molar refractivity (Wildman–Crippen MR) is 119 cm³/mol. The summed E-state index contributed by atoms with van der Waals surface area (Å²) in [6.45, 7) is -4.31. The van der Waals surface area contributed by atoms with Gasteiger partial charge >= 0.3 is 35.8 Å². The van der Waals surface area contributed by atoms with E-state index in [-0.39, 0.29) is 11.1 Å². The lowest BCUT2D eigenvalue weighted by atomic mass is 10.1. The fourth-order valence-electron chi connectivity index (χ4n) is 2.52. The summed E-state index contributed by atoms with van der Waals surface area (Å²) in [5.74, 6) is -6.90. The lowest BCUT2D eigenvalue weighted by Gasteiger charge is -2.18. The molecule has 4 N–H and O–H groups in total. The molecule has 210 valence electrons. The maximum atomic E-state index is 12.4. The summed E-state index contributed by atoms with van der Waals surface area (Å²) in [6.07, 6.45) is -2.27. The van der Waals surface area contributed by atoms with Crippen molar-refractivity contribution in [3.8, 4) is 0 Å². The smallest absolute Gasteiger partial charge is 0.338 e. The van der Waals surface area contributed by atoms with Gasteiger partial charge in [-0.05, 0) is 24.3 Å². The predicted octanol–water partition coefficient (Wildman–Crippen LogP) is -0.858. The number of benzene rings is 1. The van der Waals surface area contributed by atoms with E-state index in [1.54, 1.807) is 0 Å². The van der Waals surface area contributed by atoms with E-state index >= 15 is 0 Å². The molecule has 0 fully saturated rings. The molecule has 0 saturated heterocycles. The van der Waals surface area contributed by atoms with Gasteiger partial charge in [-0.1, -0.05) is 0 Å². The molecule has 0 unspecified atom stereocenters. The van der Waals surface area contributed by atoms with Crippen molar-refractivity contribution >= 4 is 35.8 Å². The molecule has 16 nitrogen and oxygen atoms in total. The van der Waals surface area contributed by atoms with Gasteiger partial charge in [-0.3, -0.25) is 0 Å². The highest BCUT2D eigenvalue weighted by Gasteiger charge is 2.21. The van der Waals surface area contributed by atoms with Gasteiger partial charge in [0, 0.05) is 0 Å². The second kappa shape index (κ2) is 17.4. The Balaban J connectivity index is 2.77. The number of ether oxygens (including phenoxy) is 6. The van der Waals surface area contributed by atoms with E-state index < -0.39 is 101 Å². The van der Waals surface area contributed by atoms with Crippen LogP contribution in [0, 0.1) is 0 Å². The molecular weight excluding hydrogens is 520 g/mol. The summed E-state index contributed by atoms with van der Waals surface area (Å²) in [6, 6.07) is 4.85. The molecule has 16 heteroatoms. The summed E-state index contributed by atoms with van der Waals surface area (Å²) >= 11 is 0. The third kappa shape index (κ3) is 14.4. The highest BCUT2D eigenvalue weighted by molar-refractivity contribution is 5.93. The van der Waals surface area contributed by atoms with Crippen molar-refractivity contribution < 1.29 is 77.6 Å². The Bertz CT molecular complexity index is 840. The van der Waals surface area contributed by atoms with Crippen LogP contribution in [0.2, 0.25) is 0 Å². The fraction of sp³-hybridized carbons (Fsp3) is 0.455. The number of carboxylic acid groups (broad SMARTS) is 4. The average Bonchev–Trinajstić information content (AvgIpc) is 2.82. The van der Waals surface area contributed by atoms with Gasteiger partial charge in [-0.15, -0.1) is 0 Å². The van der Waals surface area contributed by atoms with Crippen LogP contribution < -0.4 is 0 Å². The molecule has 38 heavy (non-hydrogen) atoms. The van der Waals surface area contributed by atoms with Crippen LogP contribution >= 0.6 is 0 Å². The van der Waals surface area contributed by atoms with Crippen LogP contribution in [0.4, 0.5) is 0 Å². The summed E-state index contributed by atoms with van der Waals surface area (Å²) in [5, 5.41) is 34.6. The van der Waals surface area contributed by atoms with E-state index in [0.717, 1.165) is 0 Å². The zero-order valence-corrected chi connectivity index (χ0v) is 19.8. The van der Waals surface area contributed by atoms with Crippen molar-refractivity contribution in [1.29, 1.82) is 0 Å². The molecule has 1 aromatic rings. The first kappa shape index (κ1) is 31.9. The molecule has 0 radical (unpaired) electrons. The SMILES string of the molecule is O=C(O)COCC(COCC(=O)O)OC(=O)c1ccc(C(=O)OC(COCC(=O)O)COCC(=O)O)cc1. The van der Waals surface area contributed by atoms with Crippen LogP contribution in [0.25, 0.3) is 0 Å². The largest absolute Gasteiger partial charge is 0.480 e. The summed E-state index contributed by atoms with van der Waals surface area (Å²) < 4.78 is 29.8. The maximum Gasteiger partial charge on any atom is 0.338 e. The van der Waals surface area contributed by atoms with Crippen molar-refractivity contribution in [2.75, 3.05) is 52.9 Å². The minimum Gasteiger partial charge on any atom is -0.480 e. The van der Waals surface area contributed by atoms with Gasteiger partial charge < -0.3 is 48.8 Å². The first-order valence-electron chi connectivity index (χ1n) is 10.7. The zero-order chi connectivity index (χ0) is 28.5. The van der Waals surface area contributed by atoms with E-state index in [9.17, 15) is 28.8 Å². The van der Waals surface area contributed by atoms with Gasteiger partial charge in [0.15, 0.2) is 0 Å². The van der Waals surface area contributed by atoms with Crippen LogP contribution in [0.1, 0.15) is 20.7 Å². The summed E-state index contributed by atoms with van der Waals surface area (Å²) in [5.41, 5.74) is -0.0664. The fourth-order valence-corrected chi connectivity index (χ4v) is 2.52. The van der Waals surface area contributed by atoms with E-state index in [2.05, 4.69) is 0 Å². The lowest BCUT2D eigenvalue weighted by molar-refractivity contribution is -0.147. The number of rotatable bonds is 20. The van der Waals surface area contributed by atoms with Crippen LogP contribution in [0.3, 0.4) is 0 Å². The molecular formula is C22H26O16. The van der Waals surface area contributed by atoms with E-state index in [0.29, 0.717) is 0 Å². The van der Waals surface area contributed by atoms with Crippen LogP contribution in [0.15, 0.2) is 24.3 Å². The Morgan fingerprint density at radius 3 is 0.947 bits per heavy atom. The molecule has 0 saturated carbocycles. The molecule has 0 heterocycles. The van der Waals surface area contributed by atoms with Gasteiger partial charge in [0.05, 0.1) is 37.6 Å². The molecule has 0 amide bonds. The topological polar surface area (TPSA) is 239 Å². The molecule has 0 aliphatic heterocycles. The number of esters is 2. The minimum absolute atomic E-state index is 0.0332. The van der Waals surface area contributed by atoms with E-state index in [1.165, 1.54) is 24.3 Å². The molecule has 0 atom stereocenters. The van der Waals surface area contributed by atoms with Crippen molar-refractivity contribution in [2.24, 2.45) is 0 Å². The average molecular weight is 546 g/mol. The number of aliphatic carboxylic acids is 4.